The number of allylic oxidation sites excluding steroid dienone is 1. The molecule has 2 N–H and O–H groups in total. The molecule has 4 atom stereocenters. The molecule has 0 aromatic rings. The molecule has 0 amide bonds. The highest BCUT2D eigenvalue weighted by Crippen LogP contribution is 2.51. The van der Waals surface area contributed by atoms with Gasteiger partial charge in [-0.1, -0.05) is 72.8 Å². The predicted molar refractivity (Wildman–Crippen MR) is 142 cm³/mol. The summed E-state index contributed by atoms with van der Waals surface area (Å²) in [5.74, 6) is 0. The summed E-state index contributed by atoms with van der Waals surface area (Å²) in [6.07, 6.45) is 6.40. The first kappa shape index (κ1) is 29.5. The first-order valence-electron chi connectivity index (χ1n) is 11.9. The van der Waals surface area contributed by atoms with E-state index in [4.69, 9.17) is 8.85 Å². The lowest BCUT2D eigenvalue weighted by atomic mass is 9.60. The molecule has 32 heavy (non-hydrogen) atoms. The van der Waals surface area contributed by atoms with Gasteiger partial charge in [0, 0.05) is 5.41 Å². The van der Waals surface area contributed by atoms with Crippen molar-refractivity contribution in [3.05, 3.63) is 36.5 Å². The summed E-state index contributed by atoms with van der Waals surface area (Å²) in [7, 11) is -4.21. The maximum Gasteiger partial charge on any atom is 0.193 e. The SMILES string of the molecule is C=CC[C@]1(O)C(CO[Si](C)(C)C(C)(C)C)=C[C@@H](O[Si](C)(C)C(C)(C)C)[C@H](O)[C@@]1(C)/C=C/C. The van der Waals surface area contributed by atoms with Gasteiger partial charge in [0.1, 0.15) is 5.60 Å². The zero-order chi connectivity index (χ0) is 25.4. The third-order valence-corrected chi connectivity index (χ3v) is 17.2. The Morgan fingerprint density at radius 2 is 1.56 bits per heavy atom. The van der Waals surface area contributed by atoms with Crippen molar-refractivity contribution in [2.75, 3.05) is 6.61 Å². The van der Waals surface area contributed by atoms with Gasteiger partial charge in [0.05, 0.1) is 18.8 Å². The van der Waals surface area contributed by atoms with Crippen molar-refractivity contribution in [2.45, 2.75) is 116 Å². The van der Waals surface area contributed by atoms with Crippen LogP contribution in [0.3, 0.4) is 0 Å². The maximum atomic E-state index is 12.1. The minimum Gasteiger partial charge on any atom is -0.413 e. The number of hydrogen-bond donors (Lipinski definition) is 2. The standard InChI is InChI=1S/C26H50O4Si2/c1-14-16-25(9)22(27)21(30-32(12,13)24(6,7)8)18-20(26(25,28)17-15-2)19-29-31(10,11)23(3,4)5/h14-16,18,21-22,27-28H,2,17,19H2,1,3-13H3/b16-14+/t21-,22+,25-,26+/m1/s1. The number of rotatable bonds is 8. The molecule has 0 unspecified atom stereocenters. The number of hydrogen-bond acceptors (Lipinski definition) is 4. The lowest BCUT2D eigenvalue weighted by Gasteiger charge is -2.54. The van der Waals surface area contributed by atoms with Crippen LogP contribution in [-0.2, 0) is 8.85 Å². The van der Waals surface area contributed by atoms with Crippen molar-refractivity contribution in [1.29, 1.82) is 0 Å². The molecule has 0 aromatic carbocycles. The summed E-state index contributed by atoms with van der Waals surface area (Å²) in [6.45, 7) is 30.1. The molecule has 1 aliphatic carbocycles. The van der Waals surface area contributed by atoms with E-state index in [1.807, 2.05) is 32.1 Å². The minimum atomic E-state index is -2.17. The Morgan fingerprint density at radius 3 is 1.97 bits per heavy atom. The Morgan fingerprint density at radius 1 is 1.06 bits per heavy atom. The summed E-state index contributed by atoms with van der Waals surface area (Å²) in [4.78, 5) is 0. The molecule has 0 saturated heterocycles. The molecule has 0 spiro atoms. The molecule has 0 aromatic heterocycles. The fourth-order valence-corrected chi connectivity index (χ4v) is 5.94. The maximum absolute atomic E-state index is 12.1. The molecule has 0 saturated carbocycles. The van der Waals surface area contributed by atoms with Crippen LogP contribution >= 0.6 is 0 Å². The van der Waals surface area contributed by atoms with E-state index in [0.717, 1.165) is 5.57 Å². The van der Waals surface area contributed by atoms with Crippen molar-refractivity contribution in [2.24, 2.45) is 5.41 Å². The van der Waals surface area contributed by atoms with E-state index < -0.39 is 39.9 Å². The summed E-state index contributed by atoms with van der Waals surface area (Å²) in [6, 6.07) is 0. The smallest absolute Gasteiger partial charge is 0.193 e. The number of aliphatic hydroxyl groups excluding tert-OH is 1. The van der Waals surface area contributed by atoms with Crippen LogP contribution in [0.25, 0.3) is 0 Å². The molecule has 0 fully saturated rings. The minimum absolute atomic E-state index is 0.00419. The van der Waals surface area contributed by atoms with E-state index in [-0.39, 0.29) is 10.1 Å². The second-order valence-corrected chi connectivity index (χ2v) is 22.2. The largest absolute Gasteiger partial charge is 0.413 e. The average Bonchev–Trinajstić information content (AvgIpc) is 2.60. The van der Waals surface area contributed by atoms with Crippen molar-refractivity contribution < 1.29 is 19.1 Å². The van der Waals surface area contributed by atoms with Gasteiger partial charge in [0.25, 0.3) is 0 Å². The van der Waals surface area contributed by atoms with Crippen molar-refractivity contribution in [3.8, 4) is 0 Å². The molecule has 6 heteroatoms. The van der Waals surface area contributed by atoms with Crippen LogP contribution in [0.4, 0.5) is 0 Å². The zero-order valence-electron chi connectivity index (χ0n) is 22.8. The average molecular weight is 483 g/mol. The second-order valence-electron chi connectivity index (χ2n) is 12.7. The van der Waals surface area contributed by atoms with E-state index in [0.29, 0.717) is 13.0 Å². The number of aliphatic hydroxyl groups is 2. The summed E-state index contributed by atoms with van der Waals surface area (Å²) < 4.78 is 13.2. The Bertz CT molecular complexity index is 727. The summed E-state index contributed by atoms with van der Waals surface area (Å²) in [5.41, 5.74) is -1.47. The van der Waals surface area contributed by atoms with Crippen molar-refractivity contribution in [1.82, 2.24) is 0 Å². The van der Waals surface area contributed by atoms with E-state index in [1.165, 1.54) is 0 Å². The molecule has 0 bridgehead atoms. The van der Waals surface area contributed by atoms with Gasteiger partial charge in [-0.3, -0.25) is 0 Å². The van der Waals surface area contributed by atoms with Crippen molar-refractivity contribution in [3.63, 3.8) is 0 Å². The van der Waals surface area contributed by atoms with Crippen LogP contribution in [0.5, 0.6) is 0 Å². The van der Waals surface area contributed by atoms with Gasteiger partial charge in [-0.25, -0.2) is 0 Å². The molecule has 1 rings (SSSR count). The molecule has 4 nitrogen and oxygen atoms in total. The summed E-state index contributed by atoms with van der Waals surface area (Å²) >= 11 is 0. The molecular weight excluding hydrogens is 432 g/mol. The monoisotopic (exact) mass is 482 g/mol. The van der Waals surface area contributed by atoms with Crippen LogP contribution in [0.15, 0.2) is 36.5 Å². The quantitative estimate of drug-likeness (QED) is 0.303. The van der Waals surface area contributed by atoms with Gasteiger partial charge in [-0.2, -0.15) is 0 Å². The Balaban J connectivity index is 3.60. The molecule has 1 aliphatic rings. The molecule has 0 aliphatic heterocycles. The fourth-order valence-electron chi connectivity index (χ4n) is 3.76. The molecule has 0 heterocycles. The Kier molecular flexibility index (Phi) is 8.88. The molecule has 0 radical (unpaired) electrons. The van der Waals surface area contributed by atoms with Gasteiger partial charge < -0.3 is 19.1 Å². The van der Waals surface area contributed by atoms with E-state index in [9.17, 15) is 10.2 Å². The zero-order valence-corrected chi connectivity index (χ0v) is 24.8. The Labute approximate surface area is 200 Å². The van der Waals surface area contributed by atoms with E-state index in [2.05, 4.69) is 74.3 Å². The lowest BCUT2D eigenvalue weighted by Crippen LogP contribution is -2.62. The van der Waals surface area contributed by atoms with E-state index >= 15 is 0 Å². The van der Waals surface area contributed by atoms with Crippen LogP contribution < -0.4 is 0 Å². The highest BCUT2D eigenvalue weighted by molar-refractivity contribution is 6.74. The van der Waals surface area contributed by atoms with Crippen LogP contribution in [0.1, 0.15) is 61.8 Å². The van der Waals surface area contributed by atoms with E-state index in [1.54, 1.807) is 6.08 Å². The van der Waals surface area contributed by atoms with Crippen LogP contribution in [0.2, 0.25) is 36.3 Å². The predicted octanol–water partition coefficient (Wildman–Crippen LogP) is 6.59. The van der Waals surface area contributed by atoms with Crippen LogP contribution in [-0.4, -0.2) is 51.3 Å². The highest BCUT2D eigenvalue weighted by Gasteiger charge is 2.57. The normalized spacial score (nSPS) is 30.5. The molecular formula is C26H50O4Si2. The third kappa shape index (κ3) is 5.58. The molecule has 186 valence electrons. The first-order chi connectivity index (χ1) is 14.2. The highest BCUT2D eigenvalue weighted by atomic mass is 28.4. The van der Waals surface area contributed by atoms with Gasteiger partial charge in [0.15, 0.2) is 16.6 Å². The van der Waals surface area contributed by atoms with Crippen LogP contribution in [0, 0.1) is 5.41 Å². The first-order valence-corrected chi connectivity index (χ1v) is 17.7. The van der Waals surface area contributed by atoms with Gasteiger partial charge in [-0.15, -0.1) is 6.58 Å². The lowest BCUT2D eigenvalue weighted by molar-refractivity contribution is -0.125. The van der Waals surface area contributed by atoms with Gasteiger partial charge >= 0.3 is 0 Å². The fraction of sp³-hybridized carbons (Fsp3) is 0.769. The second kappa shape index (κ2) is 9.63. The van der Waals surface area contributed by atoms with Gasteiger partial charge in [-0.05, 0) is 55.2 Å². The van der Waals surface area contributed by atoms with Crippen molar-refractivity contribution >= 4 is 16.6 Å². The summed E-state index contributed by atoms with van der Waals surface area (Å²) in [5, 5.41) is 23.7. The van der Waals surface area contributed by atoms with Gasteiger partial charge in [0.2, 0.25) is 0 Å². The topological polar surface area (TPSA) is 58.9 Å². The third-order valence-electron chi connectivity index (χ3n) is 8.30. The Hall–Kier alpha value is -0.506.